The number of aromatic amines is 1. The van der Waals surface area contributed by atoms with Crippen molar-refractivity contribution in [2.24, 2.45) is 0 Å². The number of H-pyrrole nitrogens is 1. The number of fused-ring (bicyclic) bond motifs is 1. The second kappa shape index (κ2) is 5.67. The summed E-state index contributed by atoms with van der Waals surface area (Å²) in [6, 6.07) is 3.69. The van der Waals surface area contributed by atoms with E-state index in [1.165, 1.54) is 23.4 Å². The lowest BCUT2D eigenvalue weighted by atomic mass is 10.3. The molecule has 10 nitrogen and oxygen atoms in total. The molecule has 0 aliphatic rings. The Morgan fingerprint density at radius 3 is 2.80 bits per heavy atom. The molecule has 0 saturated carbocycles. The zero-order valence-electron chi connectivity index (χ0n) is 12.7. The summed E-state index contributed by atoms with van der Waals surface area (Å²) in [6.07, 6.45) is 7.32. The lowest BCUT2D eigenvalue weighted by molar-refractivity contribution is 0.0697. The number of aromatic carboxylic acids is 1. The number of nitrogens with zero attached hydrogens (tertiary/aromatic N) is 6. The van der Waals surface area contributed by atoms with Crippen molar-refractivity contribution < 1.29 is 9.90 Å². The summed E-state index contributed by atoms with van der Waals surface area (Å²) >= 11 is 0. The number of rotatable bonds is 4. The van der Waals surface area contributed by atoms with Crippen LogP contribution in [0, 0.1) is 0 Å². The fourth-order valence-electron chi connectivity index (χ4n) is 2.44. The van der Waals surface area contributed by atoms with Crippen LogP contribution in [0.25, 0.3) is 17.1 Å². The normalized spacial score (nSPS) is 11.0. The molecule has 0 bridgehead atoms. The van der Waals surface area contributed by atoms with E-state index in [0.717, 1.165) is 5.56 Å². The molecular formula is C15H11N7O3. The first kappa shape index (κ1) is 14.8. The number of carbonyl (C=O) groups is 1. The first-order valence-electron chi connectivity index (χ1n) is 7.24. The van der Waals surface area contributed by atoms with Crippen molar-refractivity contribution >= 4 is 17.1 Å². The summed E-state index contributed by atoms with van der Waals surface area (Å²) in [7, 11) is 0. The average Bonchev–Trinajstić information content (AvgIpc) is 3.23. The van der Waals surface area contributed by atoms with Gasteiger partial charge in [-0.25, -0.2) is 14.5 Å². The monoisotopic (exact) mass is 337 g/mol. The minimum absolute atomic E-state index is 0.00837. The van der Waals surface area contributed by atoms with E-state index in [4.69, 9.17) is 5.11 Å². The predicted molar refractivity (Wildman–Crippen MR) is 85.6 cm³/mol. The van der Waals surface area contributed by atoms with Crippen LogP contribution in [0.1, 0.15) is 15.9 Å². The highest BCUT2D eigenvalue weighted by Gasteiger charge is 2.14. The summed E-state index contributed by atoms with van der Waals surface area (Å²) in [5.74, 6) is -1.02. The Balaban J connectivity index is 1.76. The van der Waals surface area contributed by atoms with Gasteiger partial charge in [0.1, 0.15) is 0 Å². The third kappa shape index (κ3) is 2.65. The highest BCUT2D eigenvalue weighted by Crippen LogP contribution is 2.10. The molecule has 4 aromatic rings. The van der Waals surface area contributed by atoms with Crippen molar-refractivity contribution in [3.8, 4) is 5.95 Å². The summed E-state index contributed by atoms with van der Waals surface area (Å²) in [5, 5.41) is 12.8. The van der Waals surface area contributed by atoms with Crippen LogP contribution in [0.4, 0.5) is 0 Å². The standard InChI is InChI=1S/C15H11N7O3/c23-13-11-12(17-8-21(11)6-9-1-3-16-4-2-9)19-15(20-13)22-7-10(5-18-22)14(24)25/h1-5,7-8H,6H2,(H,24,25)(H,19,20,23). The maximum absolute atomic E-state index is 12.5. The fraction of sp³-hybridized carbons (Fsp3) is 0.0667. The smallest absolute Gasteiger partial charge is 0.338 e. The van der Waals surface area contributed by atoms with E-state index in [2.05, 4.69) is 25.0 Å². The minimum atomic E-state index is -1.11. The van der Waals surface area contributed by atoms with Gasteiger partial charge in [0, 0.05) is 25.1 Å². The molecule has 2 N–H and O–H groups in total. The molecule has 0 radical (unpaired) electrons. The van der Waals surface area contributed by atoms with Gasteiger partial charge < -0.3 is 9.67 Å². The van der Waals surface area contributed by atoms with Gasteiger partial charge in [0.05, 0.1) is 18.1 Å². The van der Waals surface area contributed by atoms with E-state index < -0.39 is 5.97 Å². The van der Waals surface area contributed by atoms with E-state index in [1.807, 2.05) is 12.1 Å². The largest absolute Gasteiger partial charge is 0.478 e. The molecule has 4 heterocycles. The Bertz CT molecular complexity index is 1130. The second-order valence-electron chi connectivity index (χ2n) is 5.27. The zero-order chi connectivity index (χ0) is 17.4. The molecule has 4 rings (SSSR count). The molecule has 25 heavy (non-hydrogen) atoms. The minimum Gasteiger partial charge on any atom is -0.478 e. The zero-order valence-corrected chi connectivity index (χ0v) is 12.7. The van der Waals surface area contributed by atoms with Gasteiger partial charge in [-0.2, -0.15) is 10.1 Å². The molecule has 0 atom stereocenters. The number of hydrogen-bond donors (Lipinski definition) is 2. The van der Waals surface area contributed by atoms with Crippen LogP contribution in [0.3, 0.4) is 0 Å². The highest BCUT2D eigenvalue weighted by molar-refractivity contribution is 5.86. The van der Waals surface area contributed by atoms with Gasteiger partial charge in [0.2, 0.25) is 5.95 Å². The number of hydrogen-bond acceptors (Lipinski definition) is 6. The Morgan fingerprint density at radius 1 is 1.28 bits per heavy atom. The van der Waals surface area contributed by atoms with Gasteiger partial charge in [-0.3, -0.25) is 14.8 Å². The number of aromatic nitrogens is 7. The van der Waals surface area contributed by atoms with Gasteiger partial charge in [-0.15, -0.1) is 0 Å². The van der Waals surface area contributed by atoms with Crippen molar-refractivity contribution in [1.29, 1.82) is 0 Å². The van der Waals surface area contributed by atoms with Crippen LogP contribution in [0.5, 0.6) is 0 Å². The van der Waals surface area contributed by atoms with Crippen molar-refractivity contribution in [2.75, 3.05) is 0 Å². The molecule has 0 aliphatic carbocycles. The third-order valence-corrected chi connectivity index (χ3v) is 3.62. The molecule has 0 saturated heterocycles. The van der Waals surface area contributed by atoms with Crippen molar-refractivity contribution in [2.45, 2.75) is 6.54 Å². The Hall–Kier alpha value is -3.82. The summed E-state index contributed by atoms with van der Waals surface area (Å²) < 4.78 is 2.87. The van der Waals surface area contributed by atoms with Crippen LogP contribution < -0.4 is 5.56 Å². The van der Waals surface area contributed by atoms with Crippen LogP contribution in [0.15, 0.2) is 48.0 Å². The van der Waals surface area contributed by atoms with Crippen LogP contribution in [-0.2, 0) is 6.54 Å². The maximum atomic E-state index is 12.5. The first-order valence-corrected chi connectivity index (χ1v) is 7.24. The molecule has 0 spiro atoms. The van der Waals surface area contributed by atoms with Gasteiger partial charge >= 0.3 is 5.97 Å². The Labute approximate surface area is 139 Å². The van der Waals surface area contributed by atoms with Crippen molar-refractivity contribution in [3.05, 3.63) is 64.7 Å². The van der Waals surface area contributed by atoms with E-state index in [-0.39, 0.29) is 22.7 Å². The Morgan fingerprint density at radius 2 is 2.08 bits per heavy atom. The van der Waals surface area contributed by atoms with Gasteiger partial charge in [-0.05, 0) is 17.7 Å². The summed E-state index contributed by atoms with van der Waals surface area (Å²) in [5.41, 5.74) is 1.15. The van der Waals surface area contributed by atoms with Crippen LogP contribution in [0.2, 0.25) is 0 Å². The van der Waals surface area contributed by atoms with Gasteiger partial charge in [0.25, 0.3) is 5.56 Å². The quantitative estimate of drug-likeness (QED) is 0.552. The second-order valence-corrected chi connectivity index (χ2v) is 5.27. The number of carboxylic acid groups (broad SMARTS) is 1. The molecule has 124 valence electrons. The first-order chi connectivity index (χ1) is 12.1. The fourth-order valence-corrected chi connectivity index (χ4v) is 2.44. The molecular weight excluding hydrogens is 326 g/mol. The van der Waals surface area contributed by atoms with E-state index in [9.17, 15) is 9.59 Å². The molecule has 0 aromatic carbocycles. The number of pyridine rings is 1. The average molecular weight is 337 g/mol. The molecule has 0 aliphatic heterocycles. The third-order valence-electron chi connectivity index (χ3n) is 3.62. The molecule has 10 heteroatoms. The lowest BCUT2D eigenvalue weighted by Crippen LogP contribution is -2.16. The summed E-state index contributed by atoms with van der Waals surface area (Å²) in [4.78, 5) is 38.4. The Kier molecular flexibility index (Phi) is 3.35. The van der Waals surface area contributed by atoms with Crippen LogP contribution >= 0.6 is 0 Å². The number of imidazole rings is 1. The van der Waals surface area contributed by atoms with Crippen LogP contribution in [-0.4, -0.2) is 45.4 Å². The van der Waals surface area contributed by atoms with Gasteiger partial charge in [-0.1, -0.05) is 0 Å². The van der Waals surface area contributed by atoms with Gasteiger partial charge in [0.15, 0.2) is 11.2 Å². The topological polar surface area (TPSA) is 132 Å². The van der Waals surface area contributed by atoms with E-state index >= 15 is 0 Å². The number of nitrogens with one attached hydrogen (secondary N) is 1. The molecule has 4 aromatic heterocycles. The van der Waals surface area contributed by atoms with E-state index in [1.54, 1.807) is 17.0 Å². The highest BCUT2D eigenvalue weighted by atomic mass is 16.4. The summed E-state index contributed by atoms with van der Waals surface area (Å²) in [6.45, 7) is 0.452. The lowest BCUT2D eigenvalue weighted by Gasteiger charge is -2.04. The molecule has 0 amide bonds. The van der Waals surface area contributed by atoms with E-state index in [0.29, 0.717) is 12.1 Å². The molecule has 0 fully saturated rings. The molecule has 0 unspecified atom stereocenters. The van der Waals surface area contributed by atoms with Crippen molar-refractivity contribution in [1.82, 2.24) is 34.3 Å². The maximum Gasteiger partial charge on any atom is 0.338 e. The predicted octanol–water partition coefficient (Wildman–Crippen LogP) is 0.447. The number of carboxylic acids is 1. The van der Waals surface area contributed by atoms with Crippen molar-refractivity contribution in [3.63, 3.8) is 0 Å². The SMILES string of the molecule is O=C(O)c1cnn(-c2nc3ncn(Cc4ccncc4)c3c(=O)[nH]2)c1.